The van der Waals surface area contributed by atoms with Crippen molar-refractivity contribution in [2.24, 2.45) is 0 Å². The van der Waals surface area contributed by atoms with Gasteiger partial charge < -0.3 is 10.0 Å². The van der Waals surface area contributed by atoms with Gasteiger partial charge >= 0.3 is 5.97 Å². The quantitative estimate of drug-likeness (QED) is 0.516. The van der Waals surface area contributed by atoms with Crippen LogP contribution in [0, 0.1) is 10.1 Å². The number of amides is 1. The first-order valence-corrected chi connectivity index (χ1v) is 6.63. The molecular formula is C12H12ClN3O5. The Balaban J connectivity index is 2.40. The zero-order chi connectivity index (χ0) is 15.6. The second-order valence-electron chi connectivity index (χ2n) is 4.63. The fraction of sp³-hybridized carbons (Fsp3) is 0.417. The molecule has 1 atom stereocenters. The Kier molecular flexibility index (Phi) is 4.37. The number of carbonyl (C=O) groups is 2. The van der Waals surface area contributed by atoms with Crippen LogP contribution in [0.15, 0.2) is 12.3 Å². The summed E-state index contributed by atoms with van der Waals surface area (Å²) in [5, 5.41) is 20.1. The van der Waals surface area contributed by atoms with Gasteiger partial charge in [0, 0.05) is 6.54 Å². The van der Waals surface area contributed by atoms with E-state index in [0.29, 0.717) is 19.3 Å². The molecule has 1 amide bonds. The van der Waals surface area contributed by atoms with Crippen LogP contribution in [0.2, 0.25) is 5.15 Å². The topological polar surface area (TPSA) is 114 Å². The summed E-state index contributed by atoms with van der Waals surface area (Å²) >= 11 is 5.68. The summed E-state index contributed by atoms with van der Waals surface area (Å²) in [5.74, 6) is -1.83. The van der Waals surface area contributed by atoms with E-state index in [2.05, 4.69) is 4.98 Å². The molecule has 9 heteroatoms. The first-order chi connectivity index (χ1) is 9.91. The van der Waals surface area contributed by atoms with Gasteiger partial charge in [0.25, 0.3) is 11.6 Å². The van der Waals surface area contributed by atoms with Gasteiger partial charge in [0.1, 0.15) is 23.0 Å². The van der Waals surface area contributed by atoms with Gasteiger partial charge in [-0.2, -0.15) is 0 Å². The minimum Gasteiger partial charge on any atom is -0.480 e. The lowest BCUT2D eigenvalue weighted by Gasteiger charge is -2.32. The van der Waals surface area contributed by atoms with Crippen molar-refractivity contribution in [1.29, 1.82) is 0 Å². The first kappa shape index (κ1) is 15.2. The van der Waals surface area contributed by atoms with Crippen molar-refractivity contribution in [2.75, 3.05) is 6.54 Å². The fourth-order valence-corrected chi connectivity index (χ4v) is 2.48. The van der Waals surface area contributed by atoms with Crippen LogP contribution in [-0.2, 0) is 4.79 Å². The van der Waals surface area contributed by atoms with Crippen molar-refractivity contribution < 1.29 is 19.6 Å². The van der Waals surface area contributed by atoms with Gasteiger partial charge in [0.15, 0.2) is 0 Å². The summed E-state index contributed by atoms with van der Waals surface area (Å²) in [6.45, 7) is 0.243. The van der Waals surface area contributed by atoms with Gasteiger partial charge in [0.2, 0.25) is 0 Å². The van der Waals surface area contributed by atoms with Crippen LogP contribution in [-0.4, -0.2) is 44.4 Å². The Morgan fingerprint density at radius 1 is 1.48 bits per heavy atom. The highest BCUT2D eigenvalue weighted by molar-refractivity contribution is 6.29. The van der Waals surface area contributed by atoms with E-state index in [0.717, 1.165) is 17.2 Å². The molecule has 8 nitrogen and oxygen atoms in total. The maximum atomic E-state index is 12.5. The van der Waals surface area contributed by atoms with Gasteiger partial charge in [-0.25, -0.2) is 9.78 Å². The largest absolute Gasteiger partial charge is 0.480 e. The van der Waals surface area contributed by atoms with Crippen molar-refractivity contribution in [3.05, 3.63) is 33.1 Å². The predicted octanol–water partition coefficient (Wildman–Crippen LogP) is 1.72. The molecule has 112 valence electrons. The second kappa shape index (κ2) is 6.04. The number of halogens is 1. The molecule has 0 spiro atoms. The van der Waals surface area contributed by atoms with E-state index >= 15 is 0 Å². The number of hydrogen-bond acceptors (Lipinski definition) is 5. The average molecular weight is 314 g/mol. The van der Waals surface area contributed by atoms with Gasteiger partial charge in [-0.15, -0.1) is 0 Å². The summed E-state index contributed by atoms with van der Waals surface area (Å²) in [4.78, 5) is 38.6. The van der Waals surface area contributed by atoms with Crippen molar-refractivity contribution in [3.63, 3.8) is 0 Å². The number of carboxylic acid groups (broad SMARTS) is 1. The van der Waals surface area contributed by atoms with Crippen LogP contribution >= 0.6 is 11.6 Å². The third-order valence-corrected chi connectivity index (χ3v) is 3.53. The third kappa shape index (κ3) is 3.10. The summed E-state index contributed by atoms with van der Waals surface area (Å²) in [6.07, 6.45) is 2.57. The van der Waals surface area contributed by atoms with Crippen molar-refractivity contribution >= 4 is 29.2 Å². The Labute approximate surface area is 124 Å². The molecule has 1 N–H and O–H groups in total. The van der Waals surface area contributed by atoms with Gasteiger partial charge in [-0.3, -0.25) is 14.9 Å². The number of carboxylic acids is 1. The summed E-state index contributed by atoms with van der Waals surface area (Å²) in [5.41, 5.74) is -0.729. The lowest BCUT2D eigenvalue weighted by molar-refractivity contribution is -0.385. The lowest BCUT2D eigenvalue weighted by Crippen LogP contribution is -2.48. The van der Waals surface area contributed by atoms with Crippen LogP contribution in [0.1, 0.15) is 29.6 Å². The van der Waals surface area contributed by atoms with E-state index in [1.807, 2.05) is 0 Å². The van der Waals surface area contributed by atoms with Crippen LogP contribution in [0.5, 0.6) is 0 Å². The number of hydrogen-bond donors (Lipinski definition) is 1. The highest BCUT2D eigenvalue weighted by Gasteiger charge is 2.35. The van der Waals surface area contributed by atoms with Crippen LogP contribution in [0.4, 0.5) is 5.69 Å². The summed E-state index contributed by atoms with van der Waals surface area (Å²) < 4.78 is 0. The van der Waals surface area contributed by atoms with E-state index in [1.54, 1.807) is 0 Å². The maximum absolute atomic E-state index is 12.5. The molecule has 1 aromatic heterocycles. The second-order valence-corrected chi connectivity index (χ2v) is 5.02. The first-order valence-electron chi connectivity index (χ1n) is 6.25. The van der Waals surface area contributed by atoms with Gasteiger partial charge in [-0.1, -0.05) is 11.6 Å². The molecule has 0 saturated carbocycles. The molecule has 0 aromatic carbocycles. The molecule has 1 saturated heterocycles. The molecule has 1 aliphatic rings. The minimum atomic E-state index is -1.12. The van der Waals surface area contributed by atoms with Gasteiger partial charge in [-0.05, 0) is 25.3 Å². The number of aromatic nitrogens is 1. The van der Waals surface area contributed by atoms with E-state index in [-0.39, 0.29) is 17.3 Å². The molecule has 2 heterocycles. The normalized spacial score (nSPS) is 18.3. The summed E-state index contributed by atoms with van der Waals surface area (Å²) in [7, 11) is 0. The molecule has 1 aliphatic heterocycles. The zero-order valence-electron chi connectivity index (χ0n) is 10.9. The number of nitrogens with zero attached hydrogens (tertiary/aromatic N) is 3. The average Bonchev–Trinajstić information content (AvgIpc) is 2.46. The third-order valence-electron chi connectivity index (χ3n) is 3.33. The molecule has 0 aliphatic carbocycles. The number of aliphatic carboxylic acids is 1. The molecule has 2 rings (SSSR count). The highest BCUT2D eigenvalue weighted by atomic mass is 35.5. The lowest BCUT2D eigenvalue weighted by atomic mass is 10.0. The molecular weight excluding hydrogens is 302 g/mol. The molecule has 1 aromatic rings. The van der Waals surface area contributed by atoms with Crippen molar-refractivity contribution in [2.45, 2.75) is 25.3 Å². The van der Waals surface area contributed by atoms with E-state index in [9.17, 15) is 24.8 Å². The highest BCUT2D eigenvalue weighted by Crippen LogP contribution is 2.26. The monoisotopic (exact) mass is 313 g/mol. The standard InChI is InChI=1S/C12H12ClN3O5/c13-10-5-7(9(6-14-10)16(20)21)11(17)15-4-2-1-3-8(15)12(18)19/h5-6,8H,1-4H2,(H,18,19)/t8-/m0/s1. The summed E-state index contributed by atoms with van der Waals surface area (Å²) in [6, 6.07) is 0.119. The molecule has 21 heavy (non-hydrogen) atoms. The van der Waals surface area contributed by atoms with Gasteiger partial charge in [0.05, 0.1) is 4.92 Å². The predicted molar refractivity (Wildman–Crippen MR) is 72.2 cm³/mol. The van der Waals surface area contributed by atoms with Crippen molar-refractivity contribution in [3.8, 4) is 0 Å². The molecule has 1 fully saturated rings. The van der Waals surface area contributed by atoms with E-state index in [1.165, 1.54) is 0 Å². The molecule has 0 radical (unpaired) electrons. The Morgan fingerprint density at radius 3 is 2.81 bits per heavy atom. The fourth-order valence-electron chi connectivity index (χ4n) is 2.33. The van der Waals surface area contributed by atoms with E-state index in [4.69, 9.17) is 11.6 Å². The number of nitro groups is 1. The molecule has 0 bridgehead atoms. The number of piperidine rings is 1. The van der Waals surface area contributed by atoms with Crippen molar-refractivity contribution in [1.82, 2.24) is 9.88 Å². The smallest absolute Gasteiger partial charge is 0.326 e. The van der Waals surface area contributed by atoms with Crippen LogP contribution in [0.25, 0.3) is 0 Å². The SMILES string of the molecule is O=C(O)[C@@H]1CCCCN1C(=O)c1cc(Cl)ncc1[N+](=O)[O-]. The zero-order valence-corrected chi connectivity index (χ0v) is 11.6. The number of pyridine rings is 1. The molecule has 0 unspecified atom stereocenters. The van der Waals surface area contributed by atoms with Crippen LogP contribution < -0.4 is 0 Å². The van der Waals surface area contributed by atoms with E-state index < -0.39 is 28.5 Å². The number of rotatable bonds is 3. The Bertz CT molecular complexity index is 607. The number of carbonyl (C=O) groups excluding carboxylic acids is 1. The Hall–Kier alpha value is -2.22. The maximum Gasteiger partial charge on any atom is 0.326 e. The number of likely N-dealkylation sites (tertiary alicyclic amines) is 1. The Morgan fingerprint density at radius 2 is 2.19 bits per heavy atom. The minimum absolute atomic E-state index is 0.0622. The van der Waals surface area contributed by atoms with Crippen LogP contribution in [0.3, 0.4) is 0 Å².